The number of nitrogens with zero attached hydrogens (tertiary/aromatic N) is 1. The first kappa shape index (κ1) is 14.2. The van der Waals surface area contributed by atoms with Crippen LogP contribution in [0.3, 0.4) is 0 Å². The smallest absolute Gasteiger partial charge is 0.316 e. The molecule has 5 heteroatoms. The van der Waals surface area contributed by atoms with Crippen LogP contribution in [-0.4, -0.2) is 18.9 Å². The van der Waals surface area contributed by atoms with E-state index in [2.05, 4.69) is 10.8 Å². The van der Waals surface area contributed by atoms with Gasteiger partial charge in [-0.2, -0.15) is 5.26 Å². The Kier molecular flexibility index (Phi) is 3.84. The molecule has 1 aromatic carbocycles. The molecule has 1 saturated carbocycles. The molecule has 2 rings (SSSR count). The number of carbonyl (C=O) groups is 2. The molecular formula is C15H14FNO3. The molecule has 104 valence electrons. The molecule has 2 atom stereocenters. The topological polar surface area (TPSA) is 67.2 Å². The minimum absolute atomic E-state index is 0.0401. The second-order valence-corrected chi connectivity index (χ2v) is 4.95. The van der Waals surface area contributed by atoms with Gasteiger partial charge in [0.1, 0.15) is 17.5 Å². The fourth-order valence-corrected chi connectivity index (χ4v) is 2.65. The first-order valence-corrected chi connectivity index (χ1v) is 6.30. The van der Waals surface area contributed by atoms with Crippen LogP contribution in [0.1, 0.15) is 24.8 Å². The Balaban J connectivity index is 2.39. The third-order valence-corrected chi connectivity index (χ3v) is 3.82. The third kappa shape index (κ3) is 2.42. The van der Waals surface area contributed by atoms with Crippen molar-refractivity contribution in [2.75, 3.05) is 7.11 Å². The number of rotatable bonds is 2. The SMILES string of the molecule is COC(=O)C1CC(C#N)(c2cccc(F)c2)CCC1=O. The predicted octanol–water partition coefficient (Wildman–Crippen LogP) is 2.13. The molecule has 0 aromatic heterocycles. The van der Waals surface area contributed by atoms with Crippen molar-refractivity contribution in [3.8, 4) is 6.07 Å². The number of benzene rings is 1. The van der Waals surface area contributed by atoms with Crippen LogP contribution < -0.4 is 0 Å². The second kappa shape index (κ2) is 5.41. The Labute approximate surface area is 116 Å². The Morgan fingerprint density at radius 2 is 2.30 bits per heavy atom. The number of Topliss-reactive ketones (excluding diaryl/α,β-unsaturated/α-hetero) is 1. The minimum Gasteiger partial charge on any atom is -0.468 e. The lowest BCUT2D eigenvalue weighted by molar-refractivity contribution is -0.151. The summed E-state index contributed by atoms with van der Waals surface area (Å²) < 4.78 is 18.0. The molecule has 1 aromatic rings. The highest BCUT2D eigenvalue weighted by molar-refractivity contribution is 6.00. The molecule has 0 aliphatic heterocycles. The van der Waals surface area contributed by atoms with Gasteiger partial charge in [-0.05, 0) is 30.5 Å². The molecule has 2 unspecified atom stereocenters. The lowest BCUT2D eigenvalue weighted by Crippen LogP contribution is -2.40. The van der Waals surface area contributed by atoms with Crippen LogP contribution in [0.5, 0.6) is 0 Å². The van der Waals surface area contributed by atoms with Crippen LogP contribution in [0.25, 0.3) is 0 Å². The van der Waals surface area contributed by atoms with Crippen molar-refractivity contribution in [1.82, 2.24) is 0 Å². The zero-order valence-electron chi connectivity index (χ0n) is 11.1. The Morgan fingerprint density at radius 1 is 1.55 bits per heavy atom. The summed E-state index contributed by atoms with van der Waals surface area (Å²) >= 11 is 0. The predicted molar refractivity (Wildman–Crippen MR) is 68.1 cm³/mol. The highest BCUT2D eigenvalue weighted by Gasteiger charge is 2.45. The molecule has 0 bridgehead atoms. The van der Waals surface area contributed by atoms with E-state index in [1.807, 2.05) is 0 Å². The fourth-order valence-electron chi connectivity index (χ4n) is 2.65. The maximum atomic E-state index is 13.4. The number of nitriles is 1. The molecule has 0 heterocycles. The molecule has 0 amide bonds. The van der Waals surface area contributed by atoms with Crippen molar-refractivity contribution < 1.29 is 18.7 Å². The van der Waals surface area contributed by atoms with E-state index in [-0.39, 0.29) is 18.6 Å². The summed E-state index contributed by atoms with van der Waals surface area (Å²) in [7, 11) is 1.21. The van der Waals surface area contributed by atoms with Gasteiger partial charge in [0, 0.05) is 6.42 Å². The minimum atomic E-state index is -1.02. The monoisotopic (exact) mass is 275 g/mol. The zero-order chi connectivity index (χ0) is 14.8. The van der Waals surface area contributed by atoms with Gasteiger partial charge < -0.3 is 4.74 Å². The molecular weight excluding hydrogens is 261 g/mol. The van der Waals surface area contributed by atoms with E-state index in [0.29, 0.717) is 12.0 Å². The van der Waals surface area contributed by atoms with Gasteiger partial charge in [0.25, 0.3) is 0 Å². The lowest BCUT2D eigenvalue weighted by atomic mass is 9.66. The van der Waals surface area contributed by atoms with E-state index in [1.54, 1.807) is 6.07 Å². The summed E-state index contributed by atoms with van der Waals surface area (Å²) in [5.41, 5.74) is -0.518. The number of halogens is 1. The number of esters is 1. The summed E-state index contributed by atoms with van der Waals surface area (Å²) in [5.74, 6) is -2.25. The van der Waals surface area contributed by atoms with Crippen molar-refractivity contribution in [2.24, 2.45) is 5.92 Å². The van der Waals surface area contributed by atoms with Crippen molar-refractivity contribution in [2.45, 2.75) is 24.7 Å². The van der Waals surface area contributed by atoms with Crippen molar-refractivity contribution in [1.29, 1.82) is 5.26 Å². The van der Waals surface area contributed by atoms with Crippen LogP contribution in [-0.2, 0) is 19.7 Å². The van der Waals surface area contributed by atoms with Crippen molar-refractivity contribution in [3.63, 3.8) is 0 Å². The van der Waals surface area contributed by atoms with Crippen molar-refractivity contribution >= 4 is 11.8 Å². The number of ether oxygens (including phenoxy) is 1. The third-order valence-electron chi connectivity index (χ3n) is 3.82. The van der Waals surface area contributed by atoms with Gasteiger partial charge >= 0.3 is 5.97 Å². The molecule has 0 radical (unpaired) electrons. The van der Waals surface area contributed by atoms with Crippen LogP contribution in [0.2, 0.25) is 0 Å². The van der Waals surface area contributed by atoms with E-state index in [0.717, 1.165) is 0 Å². The summed E-state index contributed by atoms with van der Waals surface area (Å²) in [6, 6.07) is 7.91. The lowest BCUT2D eigenvalue weighted by Gasteiger charge is -2.34. The van der Waals surface area contributed by atoms with E-state index < -0.39 is 23.1 Å². The number of hydrogen-bond donors (Lipinski definition) is 0. The van der Waals surface area contributed by atoms with Gasteiger partial charge in [0.2, 0.25) is 0 Å². The molecule has 0 N–H and O–H groups in total. The highest BCUT2D eigenvalue weighted by Crippen LogP contribution is 2.40. The number of methoxy groups -OCH3 is 1. The molecule has 4 nitrogen and oxygen atoms in total. The van der Waals surface area contributed by atoms with Crippen molar-refractivity contribution in [3.05, 3.63) is 35.6 Å². The van der Waals surface area contributed by atoms with Crippen LogP contribution >= 0.6 is 0 Å². The Morgan fingerprint density at radius 3 is 2.90 bits per heavy atom. The van der Waals surface area contributed by atoms with Gasteiger partial charge in [-0.15, -0.1) is 0 Å². The fraction of sp³-hybridized carbons (Fsp3) is 0.400. The van der Waals surface area contributed by atoms with Gasteiger partial charge in [-0.25, -0.2) is 4.39 Å². The average Bonchev–Trinajstić information content (AvgIpc) is 2.47. The van der Waals surface area contributed by atoms with Crippen LogP contribution in [0.4, 0.5) is 4.39 Å². The van der Waals surface area contributed by atoms with Gasteiger partial charge in [0.15, 0.2) is 0 Å². The quantitative estimate of drug-likeness (QED) is 0.612. The summed E-state index contributed by atoms with van der Waals surface area (Å²) in [6.07, 6.45) is 0.446. The van der Waals surface area contributed by atoms with Gasteiger partial charge in [-0.3, -0.25) is 9.59 Å². The molecule has 0 saturated heterocycles. The second-order valence-electron chi connectivity index (χ2n) is 4.95. The van der Waals surface area contributed by atoms with Gasteiger partial charge in [-0.1, -0.05) is 12.1 Å². The number of hydrogen-bond acceptors (Lipinski definition) is 4. The van der Waals surface area contributed by atoms with Crippen LogP contribution in [0.15, 0.2) is 24.3 Å². The summed E-state index contributed by atoms with van der Waals surface area (Å²) in [6.45, 7) is 0. The summed E-state index contributed by atoms with van der Waals surface area (Å²) in [4.78, 5) is 23.5. The molecule has 1 aliphatic carbocycles. The van der Waals surface area contributed by atoms with E-state index >= 15 is 0 Å². The molecule has 1 fully saturated rings. The Bertz CT molecular complexity index is 585. The largest absolute Gasteiger partial charge is 0.468 e. The van der Waals surface area contributed by atoms with E-state index in [1.165, 1.54) is 25.3 Å². The zero-order valence-corrected chi connectivity index (χ0v) is 11.1. The van der Waals surface area contributed by atoms with Crippen LogP contribution in [0, 0.1) is 23.1 Å². The van der Waals surface area contributed by atoms with Gasteiger partial charge in [0.05, 0.1) is 18.6 Å². The normalized spacial score (nSPS) is 25.9. The summed E-state index contributed by atoms with van der Waals surface area (Å²) in [5, 5.41) is 9.51. The van der Waals surface area contributed by atoms with E-state index in [4.69, 9.17) is 0 Å². The number of ketones is 1. The first-order chi connectivity index (χ1) is 9.52. The molecule has 1 aliphatic rings. The highest BCUT2D eigenvalue weighted by atomic mass is 19.1. The maximum Gasteiger partial charge on any atom is 0.316 e. The molecule has 20 heavy (non-hydrogen) atoms. The average molecular weight is 275 g/mol. The molecule has 0 spiro atoms. The van der Waals surface area contributed by atoms with E-state index in [9.17, 15) is 19.2 Å². The standard InChI is InChI=1S/C15H14FNO3/c1-20-14(19)12-8-15(9-17,6-5-13(12)18)10-3-2-4-11(16)7-10/h2-4,7,12H,5-6,8H2,1H3. The maximum absolute atomic E-state index is 13.4. The first-order valence-electron chi connectivity index (χ1n) is 6.30. The number of carbonyl (C=O) groups excluding carboxylic acids is 2. The Hall–Kier alpha value is -2.22.